The van der Waals surface area contributed by atoms with Crippen molar-refractivity contribution in [2.45, 2.75) is 24.0 Å². The van der Waals surface area contributed by atoms with Gasteiger partial charge in [0.05, 0.1) is 11.0 Å². The highest BCUT2D eigenvalue weighted by molar-refractivity contribution is 7.95. The van der Waals surface area contributed by atoms with Crippen molar-refractivity contribution >= 4 is 25.2 Å². The van der Waals surface area contributed by atoms with E-state index in [0.717, 1.165) is 5.41 Å². The van der Waals surface area contributed by atoms with Gasteiger partial charge in [0.2, 0.25) is 9.84 Å². The predicted molar refractivity (Wildman–Crippen MR) is 72.2 cm³/mol. The molecule has 0 atom stereocenters. The van der Waals surface area contributed by atoms with Gasteiger partial charge in [0.1, 0.15) is 10.6 Å². The smallest absolute Gasteiger partial charge is 0.204 e. The van der Waals surface area contributed by atoms with Crippen molar-refractivity contribution in [2.24, 2.45) is 0 Å². The zero-order valence-electron chi connectivity index (χ0n) is 10.5. The highest BCUT2D eigenvalue weighted by atomic mass is 32.2. The minimum absolute atomic E-state index is 0.205. The van der Waals surface area contributed by atoms with Crippen molar-refractivity contribution in [3.63, 3.8) is 0 Å². The molecule has 0 bridgehead atoms. The lowest BCUT2D eigenvalue weighted by atomic mass is 10.1. The lowest BCUT2D eigenvalue weighted by Crippen LogP contribution is -2.18. The lowest BCUT2D eigenvalue weighted by molar-refractivity contribution is 0.459. The molecule has 2 rings (SSSR count). The van der Waals surface area contributed by atoms with E-state index in [1.807, 2.05) is 0 Å². The Labute approximate surface area is 112 Å². The molecule has 1 N–H and O–H groups in total. The van der Waals surface area contributed by atoms with Gasteiger partial charge in [0, 0.05) is 11.0 Å². The summed E-state index contributed by atoms with van der Waals surface area (Å²) in [5, 5.41) is 9.97. The summed E-state index contributed by atoms with van der Waals surface area (Å²) in [6, 6.07) is 4.26. The van der Waals surface area contributed by atoms with Gasteiger partial charge in [-0.3, -0.25) is 0 Å². The monoisotopic (exact) mass is 302 g/mol. The maximum Gasteiger partial charge on any atom is 0.204 e. The molecule has 0 spiro atoms. The zero-order valence-corrected chi connectivity index (χ0v) is 12.1. The first kappa shape index (κ1) is 14.1. The minimum atomic E-state index is -3.76. The molecule has 0 aromatic heterocycles. The van der Waals surface area contributed by atoms with E-state index in [9.17, 15) is 21.9 Å². The van der Waals surface area contributed by atoms with Crippen LogP contribution in [0, 0.1) is 0 Å². The number of phenolic OH excluding ortho intramolecular Hbond substituents is 1. The Balaban J connectivity index is 2.57. The quantitative estimate of drug-likeness (QED) is 0.910. The summed E-state index contributed by atoms with van der Waals surface area (Å²) < 4.78 is 47.6. The molecule has 1 heterocycles. The van der Waals surface area contributed by atoms with E-state index in [2.05, 4.69) is 0 Å². The fourth-order valence-corrected chi connectivity index (χ4v) is 4.56. The van der Waals surface area contributed by atoms with Crippen molar-refractivity contribution in [3.8, 4) is 5.75 Å². The molecular weight excluding hydrogens is 288 g/mol. The number of sulfone groups is 2. The van der Waals surface area contributed by atoms with Crippen LogP contribution in [0.25, 0.3) is 5.57 Å². The van der Waals surface area contributed by atoms with Crippen LogP contribution in [-0.4, -0.2) is 32.9 Å². The van der Waals surface area contributed by atoms with Crippen LogP contribution in [0.15, 0.2) is 28.5 Å². The summed E-state index contributed by atoms with van der Waals surface area (Å²) in [5.74, 6) is -0.703. The van der Waals surface area contributed by atoms with E-state index in [0.29, 0.717) is 0 Å². The number of phenols is 1. The van der Waals surface area contributed by atoms with Gasteiger partial charge in [-0.25, -0.2) is 16.8 Å². The lowest BCUT2D eigenvalue weighted by Gasteiger charge is -2.09. The van der Waals surface area contributed by atoms with Gasteiger partial charge >= 0.3 is 0 Å². The number of hydrogen-bond acceptors (Lipinski definition) is 5. The molecule has 1 aromatic carbocycles. The van der Waals surface area contributed by atoms with Crippen LogP contribution in [0.3, 0.4) is 0 Å². The van der Waals surface area contributed by atoms with Crippen LogP contribution >= 0.6 is 0 Å². The molecule has 0 unspecified atom stereocenters. The molecule has 7 heteroatoms. The molecule has 0 radical (unpaired) electrons. The Hall–Kier alpha value is -1.34. The Morgan fingerprint density at radius 2 is 1.89 bits per heavy atom. The molecule has 0 saturated carbocycles. The Kier molecular flexibility index (Phi) is 3.22. The topological polar surface area (TPSA) is 88.5 Å². The molecule has 0 amide bonds. The van der Waals surface area contributed by atoms with Crippen molar-refractivity contribution in [1.82, 2.24) is 0 Å². The van der Waals surface area contributed by atoms with Gasteiger partial charge in [0.15, 0.2) is 9.84 Å². The molecule has 5 nitrogen and oxygen atoms in total. The highest BCUT2D eigenvalue weighted by Gasteiger charge is 2.32. The molecule has 104 valence electrons. The first-order valence-corrected chi connectivity index (χ1v) is 8.91. The van der Waals surface area contributed by atoms with Gasteiger partial charge in [-0.05, 0) is 25.5 Å². The van der Waals surface area contributed by atoms with E-state index < -0.39 is 24.9 Å². The number of aromatic hydroxyl groups is 1. The molecule has 0 fully saturated rings. The van der Waals surface area contributed by atoms with E-state index in [-0.39, 0.29) is 27.5 Å². The Bertz CT molecular complexity index is 755. The fraction of sp³-hybridized carbons (Fsp3) is 0.333. The molecule has 1 aromatic rings. The normalized spacial score (nSPS) is 17.3. The summed E-state index contributed by atoms with van der Waals surface area (Å²) in [6.07, 6.45) is 0. The second kappa shape index (κ2) is 4.35. The van der Waals surface area contributed by atoms with Crippen LogP contribution in [0.5, 0.6) is 5.75 Å². The number of benzene rings is 1. The van der Waals surface area contributed by atoms with Gasteiger partial charge in [-0.1, -0.05) is 12.1 Å². The number of rotatable bonds is 3. The van der Waals surface area contributed by atoms with Crippen molar-refractivity contribution < 1.29 is 21.9 Å². The molecule has 19 heavy (non-hydrogen) atoms. The van der Waals surface area contributed by atoms with Crippen LogP contribution in [0.1, 0.15) is 19.4 Å². The summed E-state index contributed by atoms with van der Waals surface area (Å²) in [7, 11) is -7.16. The minimum Gasteiger partial charge on any atom is -0.507 e. The van der Waals surface area contributed by atoms with E-state index >= 15 is 0 Å². The van der Waals surface area contributed by atoms with Crippen LogP contribution in [0.2, 0.25) is 0 Å². The molecule has 1 aliphatic rings. The summed E-state index contributed by atoms with van der Waals surface area (Å²) in [6.45, 7) is 3.09. The standard InChI is InChI=1S/C12H14O5S2/c1-8(2)18(14,15)6-9-7-19(16,17)12-10(9)4-3-5-11(12)13/h3-5,7-8,13H,6H2,1-2H3. The molecular formula is C12H14O5S2. The number of fused-ring (bicyclic) bond motifs is 1. The third-order valence-corrected chi connectivity index (χ3v) is 6.74. The van der Waals surface area contributed by atoms with Crippen molar-refractivity contribution in [2.75, 3.05) is 5.75 Å². The zero-order chi connectivity index (χ0) is 14.4. The van der Waals surface area contributed by atoms with Crippen molar-refractivity contribution in [1.29, 1.82) is 0 Å². The molecule has 0 saturated heterocycles. The van der Waals surface area contributed by atoms with E-state index in [4.69, 9.17) is 0 Å². The van der Waals surface area contributed by atoms with Gasteiger partial charge in [-0.15, -0.1) is 0 Å². The maximum atomic E-state index is 11.9. The summed E-state index contributed by atoms with van der Waals surface area (Å²) in [4.78, 5) is -0.205. The van der Waals surface area contributed by atoms with Gasteiger partial charge in [-0.2, -0.15) is 0 Å². The summed E-state index contributed by atoms with van der Waals surface area (Å²) >= 11 is 0. The predicted octanol–water partition coefficient (Wildman–Crippen LogP) is 1.34. The summed E-state index contributed by atoms with van der Waals surface area (Å²) in [5.41, 5.74) is 0.476. The molecule has 1 aliphatic heterocycles. The van der Waals surface area contributed by atoms with E-state index in [1.54, 1.807) is 13.8 Å². The third-order valence-electron chi connectivity index (χ3n) is 3.00. The second-order valence-corrected chi connectivity index (χ2v) is 8.99. The number of hydrogen-bond donors (Lipinski definition) is 1. The third kappa shape index (κ3) is 2.40. The van der Waals surface area contributed by atoms with Gasteiger partial charge < -0.3 is 5.11 Å². The molecule has 0 aliphatic carbocycles. The van der Waals surface area contributed by atoms with Crippen molar-refractivity contribution in [3.05, 3.63) is 29.2 Å². The maximum absolute atomic E-state index is 11.9. The van der Waals surface area contributed by atoms with E-state index in [1.165, 1.54) is 18.2 Å². The van der Waals surface area contributed by atoms with Crippen LogP contribution < -0.4 is 0 Å². The average molecular weight is 302 g/mol. The highest BCUT2D eigenvalue weighted by Crippen LogP contribution is 2.39. The Morgan fingerprint density at radius 3 is 2.47 bits per heavy atom. The second-order valence-electron chi connectivity index (χ2n) is 4.70. The largest absolute Gasteiger partial charge is 0.507 e. The van der Waals surface area contributed by atoms with Gasteiger partial charge in [0.25, 0.3) is 0 Å². The average Bonchev–Trinajstić information content (AvgIpc) is 2.50. The first-order chi connectivity index (χ1) is 8.65. The fourth-order valence-electron chi connectivity index (χ4n) is 1.88. The van der Waals surface area contributed by atoms with Crippen LogP contribution in [-0.2, 0) is 19.7 Å². The Morgan fingerprint density at radius 1 is 1.26 bits per heavy atom. The first-order valence-electron chi connectivity index (χ1n) is 5.65. The SMILES string of the molecule is CC(C)S(=O)(=O)CC1=CS(=O)(=O)c2c(O)cccc21. The van der Waals surface area contributed by atoms with Crippen LogP contribution in [0.4, 0.5) is 0 Å².